The number of benzene rings is 1. The number of hydrogen-bond acceptors (Lipinski definition) is 4. The Bertz CT molecular complexity index is 953. The predicted molar refractivity (Wildman–Crippen MR) is 115 cm³/mol. The average Bonchev–Trinajstić information content (AvgIpc) is 2.99. The first-order valence-corrected chi connectivity index (χ1v) is 10.6. The van der Waals surface area contributed by atoms with E-state index in [4.69, 9.17) is 37.8 Å². The van der Waals surface area contributed by atoms with Crippen molar-refractivity contribution in [2.75, 3.05) is 6.61 Å². The van der Waals surface area contributed by atoms with Gasteiger partial charge in [-0.05, 0) is 67.0 Å². The zero-order valence-corrected chi connectivity index (χ0v) is 18.3. The van der Waals surface area contributed by atoms with Gasteiger partial charge in [-0.1, -0.05) is 23.2 Å². The fourth-order valence-corrected chi connectivity index (χ4v) is 4.70. The van der Waals surface area contributed by atoms with Gasteiger partial charge in [-0.2, -0.15) is 5.10 Å². The monoisotopic (exact) mass is 517 g/mol. The molecule has 2 unspecified atom stereocenters. The van der Waals surface area contributed by atoms with E-state index in [0.717, 1.165) is 51.8 Å². The van der Waals surface area contributed by atoms with Gasteiger partial charge >= 0.3 is 0 Å². The summed E-state index contributed by atoms with van der Waals surface area (Å²) in [5.41, 5.74) is 1.78. The molecule has 1 aliphatic rings. The third-order valence-electron chi connectivity index (χ3n) is 4.67. The van der Waals surface area contributed by atoms with Crippen LogP contribution >= 0.6 is 45.8 Å². The Morgan fingerprint density at radius 2 is 2.04 bits per heavy atom. The van der Waals surface area contributed by atoms with Crippen molar-refractivity contribution in [1.29, 1.82) is 0 Å². The normalized spacial score (nSPS) is 18.6. The van der Waals surface area contributed by atoms with E-state index in [0.29, 0.717) is 10.0 Å². The topological polar surface area (TPSA) is 49.2 Å². The Hall–Kier alpha value is -1.09. The summed E-state index contributed by atoms with van der Waals surface area (Å²) in [7, 11) is 0. The van der Waals surface area contributed by atoms with E-state index in [1.807, 2.05) is 29.8 Å². The quantitative estimate of drug-likeness (QED) is 0.387. The third kappa shape index (κ3) is 3.90. The van der Waals surface area contributed by atoms with Crippen molar-refractivity contribution >= 4 is 56.7 Å². The lowest BCUT2D eigenvalue weighted by Gasteiger charge is -2.23. The fraction of sp³-hybridized carbons (Fsp3) is 0.368. The Balaban J connectivity index is 1.63. The van der Waals surface area contributed by atoms with E-state index < -0.39 is 0 Å². The van der Waals surface area contributed by atoms with Gasteiger partial charge < -0.3 is 9.47 Å². The lowest BCUT2D eigenvalue weighted by molar-refractivity contribution is -0.0368. The van der Waals surface area contributed by atoms with Gasteiger partial charge in [0.1, 0.15) is 15.6 Å². The summed E-state index contributed by atoms with van der Waals surface area (Å²) in [5, 5.41) is 6.72. The number of nitrogens with zero attached hydrogens (tertiary/aromatic N) is 3. The van der Waals surface area contributed by atoms with Gasteiger partial charge in [0.15, 0.2) is 6.23 Å². The summed E-state index contributed by atoms with van der Waals surface area (Å²) in [4.78, 5) is 3.99. The van der Waals surface area contributed by atoms with Crippen LogP contribution < -0.4 is 4.74 Å². The Morgan fingerprint density at radius 1 is 1.26 bits per heavy atom. The van der Waals surface area contributed by atoms with Crippen molar-refractivity contribution < 1.29 is 9.47 Å². The molecule has 0 amide bonds. The van der Waals surface area contributed by atoms with E-state index in [-0.39, 0.29) is 12.3 Å². The van der Waals surface area contributed by atoms with E-state index in [9.17, 15) is 0 Å². The van der Waals surface area contributed by atoms with Crippen LogP contribution in [0.1, 0.15) is 44.1 Å². The van der Waals surface area contributed by atoms with Gasteiger partial charge in [-0.15, -0.1) is 0 Å². The smallest absolute Gasteiger partial charge is 0.150 e. The molecule has 4 rings (SSSR count). The molecule has 1 aromatic carbocycles. The molecular weight excluding hydrogens is 500 g/mol. The molecule has 27 heavy (non-hydrogen) atoms. The van der Waals surface area contributed by atoms with Crippen LogP contribution in [-0.4, -0.2) is 21.4 Å². The Kier molecular flexibility index (Phi) is 5.78. The van der Waals surface area contributed by atoms with Crippen molar-refractivity contribution in [2.45, 2.75) is 38.5 Å². The minimum absolute atomic E-state index is 0.00453. The van der Waals surface area contributed by atoms with E-state index in [2.05, 4.69) is 27.6 Å². The lowest BCUT2D eigenvalue weighted by atomic mass is 10.1. The van der Waals surface area contributed by atoms with Crippen molar-refractivity contribution in [3.63, 3.8) is 0 Å². The molecule has 0 radical (unpaired) electrons. The summed E-state index contributed by atoms with van der Waals surface area (Å²) in [6.07, 6.45) is 6.11. The molecule has 1 saturated heterocycles. The van der Waals surface area contributed by atoms with Crippen molar-refractivity contribution in [1.82, 2.24) is 14.8 Å². The maximum absolute atomic E-state index is 6.24. The summed E-state index contributed by atoms with van der Waals surface area (Å²) in [5.74, 6) is 0.737. The largest absolute Gasteiger partial charge is 0.486 e. The van der Waals surface area contributed by atoms with Crippen LogP contribution in [0.25, 0.3) is 10.9 Å². The maximum atomic E-state index is 6.24. The second-order valence-electron chi connectivity index (χ2n) is 6.51. The van der Waals surface area contributed by atoms with Crippen LogP contribution in [0.4, 0.5) is 0 Å². The minimum atomic E-state index is -0.306. The molecular formula is C19H18Cl2IN3O2. The molecule has 5 nitrogen and oxygen atoms in total. The molecule has 0 aliphatic carbocycles. The van der Waals surface area contributed by atoms with Crippen LogP contribution in [0, 0.1) is 3.70 Å². The fourth-order valence-electron chi connectivity index (χ4n) is 3.36. The van der Waals surface area contributed by atoms with E-state index in [1.54, 1.807) is 12.4 Å². The Morgan fingerprint density at radius 3 is 2.74 bits per heavy atom. The van der Waals surface area contributed by atoms with Crippen LogP contribution in [0.5, 0.6) is 5.75 Å². The predicted octanol–water partition coefficient (Wildman–Crippen LogP) is 6.18. The first kappa shape index (κ1) is 19.2. The molecule has 3 heterocycles. The number of pyridine rings is 1. The number of hydrogen-bond donors (Lipinski definition) is 0. The highest BCUT2D eigenvalue weighted by Crippen LogP contribution is 2.35. The minimum Gasteiger partial charge on any atom is -0.486 e. The molecule has 0 saturated carbocycles. The molecule has 0 spiro atoms. The van der Waals surface area contributed by atoms with Crippen molar-refractivity contribution in [3.8, 4) is 5.75 Å². The zero-order chi connectivity index (χ0) is 19.0. The number of halogens is 3. The highest BCUT2D eigenvalue weighted by atomic mass is 127. The van der Waals surface area contributed by atoms with E-state index in [1.165, 1.54) is 0 Å². The molecule has 3 aromatic rings. The molecule has 142 valence electrons. The summed E-state index contributed by atoms with van der Waals surface area (Å²) in [6.45, 7) is 2.70. The second-order valence-corrected chi connectivity index (χ2v) is 8.35. The summed E-state index contributed by atoms with van der Waals surface area (Å²) in [6, 6.07) is 5.97. The highest BCUT2D eigenvalue weighted by Gasteiger charge is 2.21. The first-order chi connectivity index (χ1) is 13.0. The number of rotatable bonds is 4. The summed E-state index contributed by atoms with van der Waals surface area (Å²) < 4.78 is 14.9. The van der Waals surface area contributed by atoms with Crippen molar-refractivity contribution in [2.24, 2.45) is 0 Å². The van der Waals surface area contributed by atoms with Crippen LogP contribution in [0.3, 0.4) is 0 Å². The summed E-state index contributed by atoms with van der Waals surface area (Å²) >= 11 is 14.7. The number of ether oxygens (including phenoxy) is 2. The third-order valence-corrected chi connectivity index (χ3v) is 6.07. The highest BCUT2D eigenvalue weighted by molar-refractivity contribution is 14.1. The average molecular weight is 518 g/mol. The van der Waals surface area contributed by atoms with E-state index >= 15 is 0 Å². The van der Waals surface area contributed by atoms with Gasteiger partial charge in [-0.25, -0.2) is 4.68 Å². The molecule has 1 fully saturated rings. The van der Waals surface area contributed by atoms with Crippen LogP contribution in [0.2, 0.25) is 10.0 Å². The SMILES string of the molecule is CC(Oc1ccc2c(c1)c(I)nn2C1CCCCO1)c1c(Cl)cncc1Cl. The molecule has 0 N–H and O–H groups in total. The number of aromatic nitrogens is 3. The molecule has 1 aliphatic heterocycles. The van der Waals surface area contributed by atoms with Gasteiger partial charge in [-0.3, -0.25) is 4.98 Å². The number of fused-ring (bicyclic) bond motifs is 1. The molecule has 2 aromatic heterocycles. The lowest BCUT2D eigenvalue weighted by Crippen LogP contribution is -2.19. The van der Waals surface area contributed by atoms with Crippen LogP contribution in [-0.2, 0) is 4.74 Å². The molecule has 0 bridgehead atoms. The van der Waals surface area contributed by atoms with Gasteiger partial charge in [0, 0.05) is 30.0 Å². The van der Waals surface area contributed by atoms with Gasteiger partial charge in [0.05, 0.1) is 15.6 Å². The second kappa shape index (κ2) is 8.11. The van der Waals surface area contributed by atoms with Crippen LogP contribution in [0.15, 0.2) is 30.6 Å². The first-order valence-electron chi connectivity index (χ1n) is 8.79. The maximum Gasteiger partial charge on any atom is 0.150 e. The standard InChI is InChI=1S/C19H18Cl2IN3O2/c1-11(18-14(20)9-23-10-15(18)21)27-12-5-6-16-13(8-12)19(22)24-25(16)17-4-2-3-7-26-17/h5-6,8-11,17H,2-4,7H2,1H3. The Labute approximate surface area is 181 Å². The van der Waals surface area contributed by atoms with Gasteiger partial charge in [0.2, 0.25) is 0 Å². The van der Waals surface area contributed by atoms with Crippen molar-refractivity contribution in [3.05, 3.63) is 49.9 Å². The molecule has 2 atom stereocenters. The molecule has 8 heteroatoms. The van der Waals surface area contributed by atoms with Gasteiger partial charge in [0.25, 0.3) is 0 Å². The zero-order valence-electron chi connectivity index (χ0n) is 14.7.